The Morgan fingerprint density at radius 1 is 1.00 bits per heavy atom. The summed E-state index contributed by atoms with van der Waals surface area (Å²) in [5.41, 5.74) is 8.73. The van der Waals surface area contributed by atoms with Gasteiger partial charge in [0.2, 0.25) is 5.91 Å². The molecule has 0 radical (unpaired) electrons. The fraction of sp³-hybridized carbons (Fsp3) is 0.381. The molecule has 2 unspecified atom stereocenters. The van der Waals surface area contributed by atoms with Gasteiger partial charge < -0.3 is 10.6 Å². The molecule has 3 nitrogen and oxygen atoms in total. The number of halogens is 1. The quantitative estimate of drug-likeness (QED) is 0.892. The van der Waals surface area contributed by atoms with Crippen molar-refractivity contribution in [3.05, 3.63) is 71.8 Å². The summed E-state index contributed by atoms with van der Waals surface area (Å²) in [4.78, 5) is 14.8. The Labute approximate surface area is 156 Å². The van der Waals surface area contributed by atoms with Gasteiger partial charge in [-0.1, -0.05) is 67.6 Å². The van der Waals surface area contributed by atoms with Crippen molar-refractivity contribution in [3.8, 4) is 0 Å². The average Bonchev–Trinajstić information content (AvgIpc) is 2.68. The smallest absolute Gasteiger partial charge is 0.227 e. The molecule has 2 aromatic rings. The molecule has 4 heteroatoms. The number of hydrogen-bond donors (Lipinski definition) is 1. The molecule has 1 amide bonds. The molecule has 0 aliphatic carbocycles. The summed E-state index contributed by atoms with van der Waals surface area (Å²) in [6.45, 7) is 3.60. The first-order valence-corrected chi connectivity index (χ1v) is 8.81. The van der Waals surface area contributed by atoms with E-state index in [1.54, 1.807) is 0 Å². The summed E-state index contributed by atoms with van der Waals surface area (Å²) in [6, 6.07) is 20.3. The predicted molar refractivity (Wildman–Crippen MR) is 105 cm³/mol. The van der Waals surface area contributed by atoms with Gasteiger partial charge in [-0.3, -0.25) is 4.79 Å². The van der Waals surface area contributed by atoms with E-state index in [1.165, 1.54) is 5.56 Å². The number of nitrogens with zero attached hydrogens (tertiary/aromatic N) is 1. The van der Waals surface area contributed by atoms with Gasteiger partial charge in [-0.25, -0.2) is 0 Å². The van der Waals surface area contributed by atoms with Gasteiger partial charge in [0, 0.05) is 19.1 Å². The van der Waals surface area contributed by atoms with Gasteiger partial charge in [0.15, 0.2) is 0 Å². The van der Waals surface area contributed by atoms with E-state index >= 15 is 0 Å². The van der Waals surface area contributed by atoms with E-state index in [1.807, 2.05) is 42.2 Å². The van der Waals surface area contributed by atoms with Gasteiger partial charge >= 0.3 is 0 Å². The van der Waals surface area contributed by atoms with Crippen molar-refractivity contribution in [2.75, 3.05) is 13.1 Å². The van der Waals surface area contributed by atoms with Crippen LogP contribution in [0.3, 0.4) is 0 Å². The van der Waals surface area contributed by atoms with Crippen molar-refractivity contribution in [2.24, 2.45) is 11.7 Å². The Morgan fingerprint density at radius 2 is 1.52 bits per heavy atom. The van der Waals surface area contributed by atoms with Gasteiger partial charge in [-0.2, -0.15) is 0 Å². The van der Waals surface area contributed by atoms with Crippen LogP contribution in [0.25, 0.3) is 0 Å². The molecule has 1 aliphatic heterocycles. The largest absolute Gasteiger partial charge is 0.342 e. The Morgan fingerprint density at radius 3 is 2.08 bits per heavy atom. The van der Waals surface area contributed by atoms with E-state index in [2.05, 4.69) is 30.3 Å². The summed E-state index contributed by atoms with van der Waals surface area (Å²) in [6.07, 6.45) is 2.06. The molecule has 1 saturated heterocycles. The van der Waals surface area contributed by atoms with E-state index < -0.39 is 0 Å². The zero-order valence-electron chi connectivity index (χ0n) is 14.7. The van der Waals surface area contributed by atoms with Crippen LogP contribution in [0.5, 0.6) is 0 Å². The first-order valence-electron chi connectivity index (χ1n) is 8.81. The zero-order valence-corrected chi connectivity index (χ0v) is 15.5. The van der Waals surface area contributed by atoms with Crippen LogP contribution in [-0.4, -0.2) is 23.9 Å². The molecule has 134 valence electrons. The molecule has 2 atom stereocenters. The number of carbonyl (C=O) groups is 1. The van der Waals surface area contributed by atoms with Crippen LogP contribution in [0.4, 0.5) is 0 Å². The van der Waals surface area contributed by atoms with Crippen LogP contribution < -0.4 is 5.73 Å². The monoisotopic (exact) mass is 358 g/mol. The number of hydrogen-bond acceptors (Lipinski definition) is 2. The van der Waals surface area contributed by atoms with E-state index in [4.69, 9.17) is 5.73 Å². The number of benzene rings is 2. The second-order valence-corrected chi connectivity index (χ2v) is 6.74. The molecule has 0 bridgehead atoms. The molecular weight excluding hydrogens is 332 g/mol. The second-order valence-electron chi connectivity index (χ2n) is 6.74. The van der Waals surface area contributed by atoms with Crippen molar-refractivity contribution in [2.45, 2.75) is 31.7 Å². The van der Waals surface area contributed by atoms with Gasteiger partial charge in [-0.15, -0.1) is 12.4 Å². The Bertz CT molecular complexity index is 654. The van der Waals surface area contributed by atoms with Crippen LogP contribution in [0, 0.1) is 5.92 Å². The third kappa shape index (κ3) is 4.62. The average molecular weight is 359 g/mol. The topological polar surface area (TPSA) is 46.3 Å². The first kappa shape index (κ1) is 19.5. The maximum atomic E-state index is 12.8. The lowest BCUT2D eigenvalue weighted by molar-refractivity contribution is -0.136. The summed E-state index contributed by atoms with van der Waals surface area (Å²) < 4.78 is 0. The van der Waals surface area contributed by atoms with Gasteiger partial charge in [0.25, 0.3) is 0 Å². The third-order valence-corrected chi connectivity index (χ3v) is 5.19. The fourth-order valence-corrected chi connectivity index (χ4v) is 3.56. The lowest BCUT2D eigenvalue weighted by Crippen LogP contribution is -2.43. The van der Waals surface area contributed by atoms with Crippen LogP contribution in [-0.2, 0) is 4.79 Å². The number of piperidine rings is 1. The van der Waals surface area contributed by atoms with Crippen LogP contribution in [0.1, 0.15) is 42.9 Å². The highest BCUT2D eigenvalue weighted by Crippen LogP contribution is 2.29. The Hall–Kier alpha value is -1.84. The molecule has 0 aromatic heterocycles. The molecule has 1 fully saturated rings. The molecule has 2 aromatic carbocycles. The fourth-order valence-electron chi connectivity index (χ4n) is 3.56. The number of likely N-dealkylation sites (tertiary alicyclic amines) is 1. The van der Waals surface area contributed by atoms with Crippen molar-refractivity contribution in [1.29, 1.82) is 0 Å². The third-order valence-electron chi connectivity index (χ3n) is 5.19. The summed E-state index contributed by atoms with van der Waals surface area (Å²) in [5.74, 6) is 0.548. The predicted octanol–water partition coefficient (Wildman–Crippen LogP) is 4.15. The molecule has 25 heavy (non-hydrogen) atoms. The van der Waals surface area contributed by atoms with Crippen molar-refractivity contribution >= 4 is 18.3 Å². The number of nitrogens with two attached hydrogens (primary N) is 1. The second kappa shape index (κ2) is 9.02. The minimum absolute atomic E-state index is 0. The molecule has 0 saturated carbocycles. The highest BCUT2D eigenvalue weighted by Gasteiger charge is 2.29. The molecule has 0 spiro atoms. The summed E-state index contributed by atoms with van der Waals surface area (Å²) in [7, 11) is 0. The molecule has 3 rings (SSSR count). The van der Waals surface area contributed by atoms with Crippen LogP contribution in [0.15, 0.2) is 60.7 Å². The van der Waals surface area contributed by atoms with Crippen molar-refractivity contribution in [3.63, 3.8) is 0 Å². The number of amides is 1. The number of carbonyl (C=O) groups excluding carboxylic acids is 1. The van der Waals surface area contributed by atoms with E-state index in [0.717, 1.165) is 31.5 Å². The van der Waals surface area contributed by atoms with Crippen LogP contribution >= 0.6 is 12.4 Å². The Kier molecular flexibility index (Phi) is 7.03. The molecule has 1 aliphatic rings. The van der Waals surface area contributed by atoms with Gasteiger partial charge in [0.05, 0.1) is 5.92 Å². The van der Waals surface area contributed by atoms with Crippen LogP contribution in [0.2, 0.25) is 0 Å². The minimum atomic E-state index is -0.245. The van der Waals surface area contributed by atoms with E-state index in [-0.39, 0.29) is 30.3 Å². The highest BCUT2D eigenvalue weighted by molar-refractivity contribution is 5.85. The zero-order chi connectivity index (χ0) is 16.9. The molecule has 2 N–H and O–H groups in total. The molecule has 1 heterocycles. The lowest BCUT2D eigenvalue weighted by Gasteiger charge is -2.35. The maximum Gasteiger partial charge on any atom is 0.227 e. The van der Waals surface area contributed by atoms with Gasteiger partial charge in [-0.05, 0) is 29.9 Å². The van der Waals surface area contributed by atoms with Crippen molar-refractivity contribution < 1.29 is 4.79 Å². The maximum absolute atomic E-state index is 12.8. The van der Waals surface area contributed by atoms with E-state index in [9.17, 15) is 4.79 Å². The molecular formula is C21H27ClN2O. The standard InChI is InChI=1S/C21H26N2O.ClH/c1-16(20(22)19-10-6-3-7-11-19)21(24)23-14-12-18(13-15-23)17-8-4-2-5-9-17;/h2-11,16,18,20H,12-15,22H2,1H3;1H. The Balaban J connectivity index is 0.00000225. The first-order chi connectivity index (χ1) is 11.7. The number of rotatable bonds is 4. The summed E-state index contributed by atoms with van der Waals surface area (Å²) >= 11 is 0. The minimum Gasteiger partial charge on any atom is -0.342 e. The normalized spacial score (nSPS) is 17.4. The van der Waals surface area contributed by atoms with E-state index in [0.29, 0.717) is 5.92 Å². The van der Waals surface area contributed by atoms with Crippen molar-refractivity contribution in [1.82, 2.24) is 4.90 Å². The highest BCUT2D eigenvalue weighted by atomic mass is 35.5. The van der Waals surface area contributed by atoms with Gasteiger partial charge in [0.1, 0.15) is 0 Å². The lowest BCUT2D eigenvalue weighted by atomic mass is 9.88. The SMILES string of the molecule is CC(C(=O)N1CCC(c2ccccc2)CC1)C(N)c1ccccc1.Cl. The summed E-state index contributed by atoms with van der Waals surface area (Å²) in [5, 5.41) is 0.